The molecule has 2 aliphatic rings. The number of aromatic nitrogens is 2. The number of rotatable bonds is 4. The highest BCUT2D eigenvalue weighted by Crippen LogP contribution is 2.57. The third-order valence-electron chi connectivity index (χ3n) is 7.69. The summed E-state index contributed by atoms with van der Waals surface area (Å²) in [5, 5.41) is 7.63. The number of para-hydroxylation sites is 1. The molecule has 0 unspecified atom stereocenters. The second kappa shape index (κ2) is 9.34. The zero-order chi connectivity index (χ0) is 26.3. The summed E-state index contributed by atoms with van der Waals surface area (Å²) in [4.78, 5) is 18.4. The number of ether oxygens (including phenoxy) is 1. The monoisotopic (exact) mass is 522 g/mol. The lowest BCUT2D eigenvalue weighted by Gasteiger charge is -2.52. The van der Waals surface area contributed by atoms with Gasteiger partial charge in [-0.2, -0.15) is 13.2 Å². The Bertz CT molecular complexity index is 1450. The SMILES string of the molecule is O=C(Nc1noc2ccccc12)N1CCC2(CC1)CC(c1cccc(Oc3ccc(C(F)(F)F)cn3)c1)C2. The van der Waals surface area contributed by atoms with Gasteiger partial charge in [0, 0.05) is 25.4 Å². The normalized spacial score (nSPS) is 17.4. The van der Waals surface area contributed by atoms with Crippen molar-refractivity contribution in [1.82, 2.24) is 15.0 Å². The molecule has 38 heavy (non-hydrogen) atoms. The molecule has 1 aliphatic carbocycles. The van der Waals surface area contributed by atoms with Gasteiger partial charge in [0.15, 0.2) is 11.4 Å². The number of benzene rings is 2. The first kappa shape index (κ1) is 24.3. The molecule has 196 valence electrons. The Labute approximate surface area is 216 Å². The van der Waals surface area contributed by atoms with Gasteiger partial charge in [-0.05, 0) is 72.9 Å². The Hall–Kier alpha value is -4.08. The van der Waals surface area contributed by atoms with E-state index in [1.165, 1.54) is 6.07 Å². The fraction of sp³-hybridized carbons (Fsp3) is 0.321. The van der Waals surface area contributed by atoms with Crippen molar-refractivity contribution in [2.24, 2.45) is 5.41 Å². The fourth-order valence-electron chi connectivity index (χ4n) is 5.53. The van der Waals surface area contributed by atoms with Gasteiger partial charge in [-0.3, -0.25) is 5.32 Å². The second-order valence-corrected chi connectivity index (χ2v) is 10.1. The van der Waals surface area contributed by atoms with Crippen molar-refractivity contribution in [2.75, 3.05) is 18.4 Å². The number of piperidine rings is 1. The van der Waals surface area contributed by atoms with E-state index < -0.39 is 11.7 Å². The summed E-state index contributed by atoms with van der Waals surface area (Å²) in [5.41, 5.74) is 1.17. The third kappa shape index (κ3) is 4.78. The predicted molar refractivity (Wildman–Crippen MR) is 134 cm³/mol. The molecular formula is C28H25F3N4O3. The minimum absolute atomic E-state index is 0.115. The standard InChI is InChI=1S/C28H25F3N4O3/c29-28(30,31)20-8-9-24(32-17-20)37-21-5-3-4-18(14-21)19-15-27(16-19)10-12-35(13-11-27)26(36)33-25-22-6-1-2-7-23(22)38-34-25/h1-9,14,17,19H,10-13,15-16H2,(H,33,34,36). The highest BCUT2D eigenvalue weighted by Gasteiger charge is 2.46. The number of nitrogens with zero attached hydrogens (tertiary/aromatic N) is 3. The van der Waals surface area contributed by atoms with E-state index in [2.05, 4.69) is 21.5 Å². The Morgan fingerprint density at radius 3 is 2.58 bits per heavy atom. The first-order valence-electron chi connectivity index (χ1n) is 12.5. The van der Waals surface area contributed by atoms with Gasteiger partial charge in [0.25, 0.3) is 0 Å². The Morgan fingerprint density at radius 2 is 1.84 bits per heavy atom. The molecular weight excluding hydrogens is 497 g/mol. The van der Waals surface area contributed by atoms with Crippen molar-refractivity contribution in [3.63, 3.8) is 0 Å². The molecule has 2 aromatic heterocycles. The molecule has 10 heteroatoms. The third-order valence-corrected chi connectivity index (χ3v) is 7.69. The number of nitrogens with one attached hydrogen (secondary N) is 1. The maximum Gasteiger partial charge on any atom is 0.417 e. The Morgan fingerprint density at radius 1 is 1.05 bits per heavy atom. The van der Waals surface area contributed by atoms with Gasteiger partial charge in [0.05, 0.1) is 10.9 Å². The number of hydrogen-bond acceptors (Lipinski definition) is 5. The minimum atomic E-state index is -4.43. The van der Waals surface area contributed by atoms with Crippen molar-refractivity contribution in [3.8, 4) is 11.6 Å². The number of fused-ring (bicyclic) bond motifs is 1. The van der Waals surface area contributed by atoms with Crippen LogP contribution < -0.4 is 10.1 Å². The number of alkyl halides is 3. The number of hydrogen-bond donors (Lipinski definition) is 1. The van der Waals surface area contributed by atoms with Crippen LogP contribution in [-0.2, 0) is 6.18 Å². The van der Waals surface area contributed by atoms with Crippen LogP contribution >= 0.6 is 0 Å². The van der Waals surface area contributed by atoms with Crippen LogP contribution in [-0.4, -0.2) is 34.2 Å². The quantitative estimate of drug-likeness (QED) is 0.306. The molecule has 1 spiro atoms. The van der Waals surface area contributed by atoms with Crippen LogP contribution in [0.2, 0.25) is 0 Å². The van der Waals surface area contributed by atoms with Gasteiger partial charge in [0.2, 0.25) is 5.88 Å². The summed E-state index contributed by atoms with van der Waals surface area (Å²) in [5.74, 6) is 1.47. The summed E-state index contributed by atoms with van der Waals surface area (Å²) < 4.78 is 49.3. The number of carbonyl (C=O) groups is 1. The lowest BCUT2D eigenvalue weighted by Crippen LogP contribution is -2.49. The zero-order valence-electron chi connectivity index (χ0n) is 20.4. The summed E-state index contributed by atoms with van der Waals surface area (Å²) in [6, 6.07) is 17.1. The van der Waals surface area contributed by atoms with Gasteiger partial charge in [0.1, 0.15) is 5.75 Å². The molecule has 3 heterocycles. The average molecular weight is 523 g/mol. The molecule has 0 radical (unpaired) electrons. The van der Waals surface area contributed by atoms with E-state index in [9.17, 15) is 18.0 Å². The van der Waals surface area contributed by atoms with Crippen molar-refractivity contribution < 1.29 is 27.2 Å². The van der Waals surface area contributed by atoms with E-state index in [1.807, 2.05) is 41.3 Å². The van der Waals surface area contributed by atoms with Crippen molar-refractivity contribution in [2.45, 2.75) is 37.8 Å². The molecule has 1 N–H and O–H groups in total. The number of urea groups is 1. The molecule has 1 saturated carbocycles. The minimum Gasteiger partial charge on any atom is -0.439 e. The van der Waals surface area contributed by atoms with Crippen LogP contribution in [0.25, 0.3) is 11.0 Å². The largest absolute Gasteiger partial charge is 0.439 e. The van der Waals surface area contributed by atoms with Crippen LogP contribution in [0.3, 0.4) is 0 Å². The van der Waals surface area contributed by atoms with Crippen LogP contribution in [0.15, 0.2) is 71.4 Å². The van der Waals surface area contributed by atoms with Gasteiger partial charge >= 0.3 is 12.2 Å². The topological polar surface area (TPSA) is 80.5 Å². The molecule has 6 rings (SSSR count). The fourth-order valence-corrected chi connectivity index (χ4v) is 5.53. The van der Waals surface area contributed by atoms with Crippen LogP contribution in [0.1, 0.15) is 42.7 Å². The Kier molecular flexibility index (Phi) is 5.97. The highest BCUT2D eigenvalue weighted by molar-refractivity contribution is 5.98. The first-order chi connectivity index (χ1) is 18.3. The molecule has 2 amide bonds. The predicted octanol–water partition coefficient (Wildman–Crippen LogP) is 7.23. The molecule has 1 aliphatic heterocycles. The summed E-state index contributed by atoms with van der Waals surface area (Å²) in [7, 11) is 0. The molecule has 0 atom stereocenters. The maximum absolute atomic E-state index is 12.8. The van der Waals surface area contributed by atoms with Gasteiger partial charge in [-0.25, -0.2) is 9.78 Å². The zero-order valence-corrected chi connectivity index (χ0v) is 20.4. The maximum atomic E-state index is 12.8. The van der Waals surface area contributed by atoms with E-state index >= 15 is 0 Å². The van der Waals surface area contributed by atoms with Crippen LogP contribution in [0.5, 0.6) is 11.6 Å². The average Bonchev–Trinajstić information content (AvgIpc) is 3.30. The van der Waals surface area contributed by atoms with Crippen molar-refractivity contribution >= 4 is 22.8 Å². The smallest absolute Gasteiger partial charge is 0.417 e. The number of anilines is 1. The van der Waals surface area contributed by atoms with Crippen molar-refractivity contribution in [3.05, 3.63) is 78.0 Å². The molecule has 7 nitrogen and oxygen atoms in total. The number of likely N-dealkylation sites (tertiary alicyclic amines) is 1. The lowest BCUT2D eigenvalue weighted by molar-refractivity contribution is -0.137. The molecule has 4 aromatic rings. The van der Waals surface area contributed by atoms with E-state index in [0.717, 1.165) is 48.9 Å². The first-order valence-corrected chi connectivity index (χ1v) is 12.5. The summed E-state index contributed by atoms with van der Waals surface area (Å²) in [6.07, 6.45) is 0.258. The lowest BCUT2D eigenvalue weighted by atomic mass is 9.56. The van der Waals surface area contributed by atoms with Gasteiger partial charge in [-0.15, -0.1) is 0 Å². The van der Waals surface area contributed by atoms with E-state index in [0.29, 0.717) is 36.2 Å². The highest BCUT2D eigenvalue weighted by atomic mass is 19.4. The second-order valence-electron chi connectivity index (χ2n) is 10.1. The molecule has 2 fully saturated rings. The molecule has 0 bridgehead atoms. The Balaban J connectivity index is 1.02. The van der Waals surface area contributed by atoms with Crippen molar-refractivity contribution in [1.29, 1.82) is 0 Å². The van der Waals surface area contributed by atoms with Gasteiger partial charge < -0.3 is 14.2 Å². The summed E-state index contributed by atoms with van der Waals surface area (Å²) in [6.45, 7) is 1.36. The molecule has 1 saturated heterocycles. The van der Waals surface area contributed by atoms with Gasteiger partial charge in [-0.1, -0.05) is 29.4 Å². The molecule has 2 aromatic carbocycles. The summed E-state index contributed by atoms with van der Waals surface area (Å²) >= 11 is 0. The van der Waals surface area contributed by atoms with E-state index in [-0.39, 0.29) is 17.3 Å². The number of halogens is 3. The number of carbonyl (C=O) groups excluding carboxylic acids is 1. The number of amides is 2. The van der Waals surface area contributed by atoms with Crippen LogP contribution in [0, 0.1) is 5.41 Å². The van der Waals surface area contributed by atoms with E-state index in [4.69, 9.17) is 9.26 Å². The number of pyridine rings is 1. The van der Waals surface area contributed by atoms with E-state index in [1.54, 1.807) is 6.07 Å². The van der Waals surface area contributed by atoms with Crippen LogP contribution in [0.4, 0.5) is 23.8 Å².